The van der Waals surface area contributed by atoms with Gasteiger partial charge in [0.2, 0.25) is 11.8 Å². The Labute approximate surface area is 172 Å². The van der Waals surface area contributed by atoms with E-state index in [-0.39, 0.29) is 17.7 Å². The maximum Gasteiger partial charge on any atom is 0.223 e. The lowest BCUT2D eigenvalue weighted by molar-refractivity contribution is -0.133. The molecular formula is C22H31N5O2. The van der Waals surface area contributed by atoms with E-state index in [1.165, 1.54) is 0 Å². The first-order chi connectivity index (χ1) is 14.0. The number of aromatic nitrogens is 2. The molecule has 1 saturated heterocycles. The van der Waals surface area contributed by atoms with Crippen LogP contribution in [0.3, 0.4) is 0 Å². The fourth-order valence-corrected chi connectivity index (χ4v) is 4.71. The number of nitrogens with zero attached hydrogens (tertiary/aromatic N) is 4. The molecule has 3 aliphatic rings. The fraction of sp³-hybridized carbons (Fsp3) is 0.636. The predicted octanol–water partition coefficient (Wildman–Crippen LogP) is 2.49. The summed E-state index contributed by atoms with van der Waals surface area (Å²) in [5.41, 5.74) is 2.10. The molecule has 4 rings (SSSR count). The quantitative estimate of drug-likeness (QED) is 0.790. The second kappa shape index (κ2) is 8.51. The van der Waals surface area contributed by atoms with E-state index in [4.69, 9.17) is 9.97 Å². The molecule has 1 atom stereocenters. The van der Waals surface area contributed by atoms with Gasteiger partial charge in [0.1, 0.15) is 11.6 Å². The monoisotopic (exact) mass is 397 g/mol. The van der Waals surface area contributed by atoms with Crippen molar-refractivity contribution < 1.29 is 9.59 Å². The maximum absolute atomic E-state index is 12.6. The highest BCUT2D eigenvalue weighted by molar-refractivity contribution is 5.77. The van der Waals surface area contributed by atoms with Crippen molar-refractivity contribution in [2.45, 2.75) is 57.9 Å². The van der Waals surface area contributed by atoms with Gasteiger partial charge in [0, 0.05) is 51.5 Å². The van der Waals surface area contributed by atoms with Gasteiger partial charge in [-0.15, -0.1) is 0 Å². The van der Waals surface area contributed by atoms with Crippen molar-refractivity contribution in [1.82, 2.24) is 19.8 Å². The summed E-state index contributed by atoms with van der Waals surface area (Å²) in [5.74, 6) is 2.79. The van der Waals surface area contributed by atoms with Crippen LogP contribution in [0.2, 0.25) is 0 Å². The third-order valence-corrected chi connectivity index (χ3v) is 6.53. The Morgan fingerprint density at radius 1 is 1.14 bits per heavy atom. The number of carbonyl (C=O) groups excluding carboxylic acids is 2. The minimum absolute atomic E-state index is 0.0887. The van der Waals surface area contributed by atoms with Crippen molar-refractivity contribution in [1.29, 1.82) is 0 Å². The van der Waals surface area contributed by atoms with Crippen molar-refractivity contribution in [3.63, 3.8) is 0 Å². The van der Waals surface area contributed by atoms with Crippen LogP contribution >= 0.6 is 0 Å². The smallest absolute Gasteiger partial charge is 0.223 e. The van der Waals surface area contributed by atoms with E-state index >= 15 is 0 Å². The molecule has 0 saturated carbocycles. The van der Waals surface area contributed by atoms with Crippen LogP contribution in [-0.2, 0) is 22.6 Å². The average Bonchev–Trinajstić information content (AvgIpc) is 3.25. The Morgan fingerprint density at radius 3 is 2.59 bits per heavy atom. The van der Waals surface area contributed by atoms with Crippen LogP contribution in [0.5, 0.6) is 0 Å². The summed E-state index contributed by atoms with van der Waals surface area (Å²) < 4.78 is 0. The van der Waals surface area contributed by atoms with Crippen LogP contribution in [0.4, 0.5) is 5.82 Å². The molecule has 1 fully saturated rings. The van der Waals surface area contributed by atoms with Crippen LogP contribution in [0.25, 0.3) is 0 Å². The molecule has 29 heavy (non-hydrogen) atoms. The van der Waals surface area contributed by atoms with Crippen LogP contribution in [0.1, 0.15) is 62.0 Å². The number of piperidine rings is 1. The molecule has 2 aliphatic heterocycles. The van der Waals surface area contributed by atoms with Gasteiger partial charge in [-0.1, -0.05) is 12.2 Å². The molecule has 7 heteroatoms. The molecule has 0 aromatic carbocycles. The molecule has 1 aliphatic carbocycles. The number of fused-ring (bicyclic) bond motifs is 1. The SMILES string of the molecule is CNc1nc(C2CCN(C(=O)C[C@H]3C=CCC3)CC2)nc2c1CCN(C(C)=O)C2. The Bertz CT molecular complexity index is 814. The first kappa shape index (κ1) is 19.9. The maximum atomic E-state index is 12.6. The van der Waals surface area contributed by atoms with E-state index in [2.05, 4.69) is 17.5 Å². The second-order valence-corrected chi connectivity index (χ2v) is 8.42. The van der Waals surface area contributed by atoms with Crippen LogP contribution in [0.15, 0.2) is 12.2 Å². The van der Waals surface area contributed by atoms with Gasteiger partial charge >= 0.3 is 0 Å². The highest BCUT2D eigenvalue weighted by Gasteiger charge is 2.29. The Morgan fingerprint density at radius 2 is 1.93 bits per heavy atom. The third kappa shape index (κ3) is 4.28. The van der Waals surface area contributed by atoms with Gasteiger partial charge in [-0.2, -0.15) is 0 Å². The number of rotatable bonds is 4. The van der Waals surface area contributed by atoms with E-state index in [1.807, 2.05) is 16.8 Å². The summed E-state index contributed by atoms with van der Waals surface area (Å²) in [6, 6.07) is 0. The lowest BCUT2D eigenvalue weighted by atomic mass is 9.94. The topological polar surface area (TPSA) is 78.4 Å². The zero-order valence-electron chi connectivity index (χ0n) is 17.5. The molecule has 0 spiro atoms. The van der Waals surface area contributed by atoms with Gasteiger partial charge in [0.25, 0.3) is 0 Å². The van der Waals surface area contributed by atoms with Gasteiger partial charge in [-0.3, -0.25) is 9.59 Å². The fourth-order valence-electron chi connectivity index (χ4n) is 4.71. The van der Waals surface area contributed by atoms with Gasteiger partial charge in [-0.25, -0.2) is 9.97 Å². The molecule has 0 bridgehead atoms. The zero-order valence-corrected chi connectivity index (χ0v) is 17.5. The normalized spacial score (nSPS) is 21.9. The van der Waals surface area contributed by atoms with E-state index in [0.29, 0.717) is 18.9 Å². The lowest BCUT2D eigenvalue weighted by Gasteiger charge is -2.33. The van der Waals surface area contributed by atoms with E-state index in [1.54, 1.807) is 6.92 Å². The molecule has 1 aromatic rings. The minimum Gasteiger partial charge on any atom is -0.373 e. The van der Waals surface area contributed by atoms with E-state index in [9.17, 15) is 9.59 Å². The Kier molecular flexibility index (Phi) is 5.83. The number of likely N-dealkylation sites (tertiary alicyclic amines) is 1. The van der Waals surface area contributed by atoms with Crippen molar-refractivity contribution in [2.75, 3.05) is 32.0 Å². The van der Waals surface area contributed by atoms with Crippen molar-refractivity contribution in [3.8, 4) is 0 Å². The molecular weight excluding hydrogens is 366 g/mol. The van der Waals surface area contributed by atoms with Crippen molar-refractivity contribution >= 4 is 17.6 Å². The van der Waals surface area contributed by atoms with Gasteiger partial charge in [0.15, 0.2) is 0 Å². The highest BCUT2D eigenvalue weighted by Crippen LogP contribution is 2.31. The zero-order chi connectivity index (χ0) is 20.4. The highest BCUT2D eigenvalue weighted by atomic mass is 16.2. The second-order valence-electron chi connectivity index (χ2n) is 8.42. The standard InChI is InChI=1S/C22H31N5O2/c1-15(28)27-12-9-18-19(14-27)24-21(25-22(18)23-2)17-7-10-26(11-8-17)20(29)13-16-5-3-4-6-16/h3,5,16-17H,4,6-14H2,1-2H3,(H,23,24,25)/t16-/m0/s1. The number of anilines is 1. The molecule has 0 unspecified atom stereocenters. The van der Waals surface area contributed by atoms with Gasteiger partial charge in [0.05, 0.1) is 12.2 Å². The number of hydrogen-bond acceptors (Lipinski definition) is 5. The number of amides is 2. The summed E-state index contributed by atoms with van der Waals surface area (Å²) in [7, 11) is 1.89. The first-order valence-electron chi connectivity index (χ1n) is 10.8. The summed E-state index contributed by atoms with van der Waals surface area (Å²) >= 11 is 0. The molecule has 2 amide bonds. The first-order valence-corrected chi connectivity index (χ1v) is 10.8. The molecule has 1 aromatic heterocycles. The predicted molar refractivity (Wildman–Crippen MR) is 111 cm³/mol. The van der Waals surface area contributed by atoms with Crippen LogP contribution < -0.4 is 5.32 Å². The lowest BCUT2D eigenvalue weighted by Crippen LogP contribution is -2.39. The molecule has 156 valence electrons. The average molecular weight is 398 g/mol. The molecule has 1 N–H and O–H groups in total. The molecule has 3 heterocycles. The minimum atomic E-state index is 0.0887. The van der Waals surface area contributed by atoms with E-state index in [0.717, 1.165) is 74.6 Å². The number of nitrogens with one attached hydrogen (secondary N) is 1. The van der Waals surface area contributed by atoms with Crippen LogP contribution in [-0.4, -0.2) is 58.3 Å². The summed E-state index contributed by atoms with van der Waals surface area (Å²) in [6.45, 7) is 4.43. The number of allylic oxidation sites excluding steroid dienone is 2. The number of hydrogen-bond donors (Lipinski definition) is 1. The van der Waals surface area contributed by atoms with Gasteiger partial charge < -0.3 is 15.1 Å². The van der Waals surface area contributed by atoms with E-state index < -0.39 is 0 Å². The summed E-state index contributed by atoms with van der Waals surface area (Å²) in [4.78, 5) is 37.9. The molecule has 0 radical (unpaired) electrons. The van der Waals surface area contributed by atoms with Gasteiger partial charge in [-0.05, 0) is 38.0 Å². The Hall–Kier alpha value is -2.44. The van der Waals surface area contributed by atoms with Crippen LogP contribution in [0, 0.1) is 5.92 Å². The van der Waals surface area contributed by atoms with Crippen molar-refractivity contribution in [2.24, 2.45) is 5.92 Å². The van der Waals surface area contributed by atoms with Crippen molar-refractivity contribution in [3.05, 3.63) is 29.2 Å². The summed E-state index contributed by atoms with van der Waals surface area (Å²) in [5, 5.41) is 3.22. The molecule has 7 nitrogen and oxygen atoms in total. The number of carbonyl (C=O) groups is 2. The Balaban J connectivity index is 1.43. The largest absolute Gasteiger partial charge is 0.373 e. The third-order valence-electron chi connectivity index (χ3n) is 6.53. The summed E-state index contributed by atoms with van der Waals surface area (Å²) in [6.07, 6.45) is 9.80.